The lowest BCUT2D eigenvalue weighted by Gasteiger charge is -2.12. The molecule has 5 rings (SSSR count). The number of nitrogens with one attached hydrogen (secondary N) is 1. The number of hydrogen-bond acceptors (Lipinski definition) is 9. The van der Waals surface area contributed by atoms with Gasteiger partial charge in [-0.3, -0.25) is 4.79 Å². The van der Waals surface area contributed by atoms with E-state index in [1.165, 1.54) is 0 Å². The lowest BCUT2D eigenvalue weighted by atomic mass is 10.0. The fourth-order valence-electron chi connectivity index (χ4n) is 3.90. The fourth-order valence-corrected chi connectivity index (χ4v) is 3.90. The highest BCUT2D eigenvalue weighted by Crippen LogP contribution is 2.33. The van der Waals surface area contributed by atoms with Crippen LogP contribution in [-0.2, 0) is 9.53 Å². The molecule has 39 heavy (non-hydrogen) atoms. The van der Waals surface area contributed by atoms with Gasteiger partial charge in [0.2, 0.25) is 0 Å². The van der Waals surface area contributed by atoms with Crippen LogP contribution in [0.1, 0.15) is 16.1 Å². The van der Waals surface area contributed by atoms with Crippen LogP contribution in [0.5, 0.6) is 11.5 Å². The van der Waals surface area contributed by atoms with Gasteiger partial charge in [0.15, 0.2) is 12.4 Å². The van der Waals surface area contributed by atoms with Gasteiger partial charge < -0.3 is 24.1 Å². The maximum Gasteiger partial charge on any atom is 0.338 e. The van der Waals surface area contributed by atoms with E-state index in [2.05, 4.69) is 10.5 Å². The highest BCUT2D eigenvalue weighted by atomic mass is 16.5. The Kier molecular flexibility index (Phi) is 7.17. The number of carbonyl (C=O) groups is 2. The average Bonchev–Trinajstić information content (AvgIpc) is 3.39. The van der Waals surface area contributed by atoms with Gasteiger partial charge in [-0.1, -0.05) is 5.16 Å². The molecule has 0 atom stereocenters. The van der Waals surface area contributed by atoms with Gasteiger partial charge in [0.1, 0.15) is 17.3 Å². The zero-order valence-corrected chi connectivity index (χ0v) is 21.4. The topological polar surface area (TPSA) is 126 Å². The summed E-state index contributed by atoms with van der Waals surface area (Å²) in [6.45, 7) is 1.22. The average molecular weight is 525 g/mol. The van der Waals surface area contributed by atoms with Crippen molar-refractivity contribution in [3.05, 3.63) is 84.1 Å². The molecule has 3 aromatic carbocycles. The lowest BCUT2D eigenvalue weighted by molar-refractivity contribution is -0.119. The van der Waals surface area contributed by atoms with Crippen molar-refractivity contribution in [2.24, 2.45) is 0 Å². The minimum atomic E-state index is -0.671. The van der Waals surface area contributed by atoms with Crippen LogP contribution in [0.2, 0.25) is 0 Å². The van der Waals surface area contributed by atoms with Gasteiger partial charge in [0.05, 0.1) is 42.2 Å². The van der Waals surface area contributed by atoms with E-state index in [0.29, 0.717) is 33.9 Å². The Hall–Kier alpha value is -5.25. The predicted octanol–water partition coefficient (Wildman–Crippen LogP) is 5.07. The summed E-state index contributed by atoms with van der Waals surface area (Å²) >= 11 is 0. The summed E-state index contributed by atoms with van der Waals surface area (Å²) in [4.78, 5) is 34.6. The van der Waals surface area contributed by atoms with Gasteiger partial charge in [0.25, 0.3) is 5.91 Å². The van der Waals surface area contributed by atoms with Crippen molar-refractivity contribution < 1.29 is 28.3 Å². The molecule has 0 saturated heterocycles. The normalized spacial score (nSPS) is 10.7. The van der Waals surface area contributed by atoms with E-state index < -0.39 is 18.5 Å². The number of aromatic nitrogens is 3. The zero-order valence-electron chi connectivity index (χ0n) is 21.4. The van der Waals surface area contributed by atoms with Crippen LogP contribution < -0.4 is 14.8 Å². The largest absolute Gasteiger partial charge is 0.497 e. The van der Waals surface area contributed by atoms with Crippen LogP contribution in [0, 0.1) is 6.92 Å². The van der Waals surface area contributed by atoms with E-state index in [-0.39, 0.29) is 11.4 Å². The Balaban J connectivity index is 1.45. The zero-order chi connectivity index (χ0) is 27.4. The van der Waals surface area contributed by atoms with Crippen LogP contribution in [0.15, 0.2) is 77.3 Å². The fraction of sp³-hybridized carbons (Fsp3) is 0.138. The minimum Gasteiger partial charge on any atom is -0.497 e. The standard InChI is InChI=1S/C29H24N4O6/c1-17-14-25(33-39-17)32-26(34)16-38-29(35)20-8-13-23-24(15-20)31-28(19-6-11-22(37-3)12-7-19)27(30-23)18-4-9-21(36-2)10-5-18/h4-15H,16H2,1-3H3,(H,32,33,34). The molecule has 1 amide bonds. The Labute approximate surface area is 223 Å². The molecule has 1 N–H and O–H groups in total. The lowest BCUT2D eigenvalue weighted by Crippen LogP contribution is -2.21. The number of methoxy groups -OCH3 is 2. The second-order valence-electron chi connectivity index (χ2n) is 8.53. The summed E-state index contributed by atoms with van der Waals surface area (Å²) in [5.41, 5.74) is 4.30. The number of amides is 1. The number of rotatable bonds is 8. The smallest absolute Gasteiger partial charge is 0.338 e. The second-order valence-corrected chi connectivity index (χ2v) is 8.53. The monoisotopic (exact) mass is 524 g/mol. The van der Waals surface area contributed by atoms with Gasteiger partial charge in [-0.15, -0.1) is 0 Å². The van der Waals surface area contributed by atoms with Crippen LogP contribution >= 0.6 is 0 Å². The van der Waals surface area contributed by atoms with Crippen LogP contribution in [-0.4, -0.2) is 47.8 Å². The maximum absolute atomic E-state index is 12.7. The first-order chi connectivity index (χ1) is 18.9. The molecule has 0 unspecified atom stereocenters. The number of esters is 1. The van der Waals surface area contributed by atoms with E-state index in [0.717, 1.165) is 16.9 Å². The molecule has 0 saturated carbocycles. The summed E-state index contributed by atoms with van der Waals surface area (Å²) < 4.78 is 20.7. The number of benzene rings is 3. The Morgan fingerprint density at radius 3 is 1.92 bits per heavy atom. The minimum absolute atomic E-state index is 0.236. The van der Waals surface area contributed by atoms with Gasteiger partial charge in [-0.25, -0.2) is 14.8 Å². The van der Waals surface area contributed by atoms with Gasteiger partial charge in [-0.2, -0.15) is 0 Å². The van der Waals surface area contributed by atoms with Crippen molar-refractivity contribution in [3.8, 4) is 34.0 Å². The molecule has 196 valence electrons. The van der Waals surface area contributed by atoms with Gasteiger partial charge >= 0.3 is 5.97 Å². The van der Waals surface area contributed by atoms with Gasteiger partial charge in [0, 0.05) is 17.2 Å². The van der Waals surface area contributed by atoms with Crippen LogP contribution in [0.3, 0.4) is 0 Å². The van der Waals surface area contributed by atoms with Gasteiger partial charge in [-0.05, 0) is 73.7 Å². The molecule has 5 aromatic rings. The first kappa shape index (κ1) is 25.4. The summed E-state index contributed by atoms with van der Waals surface area (Å²) in [7, 11) is 3.22. The molecular weight excluding hydrogens is 500 g/mol. The molecule has 0 spiro atoms. The molecule has 0 radical (unpaired) electrons. The molecule has 0 aliphatic rings. The first-order valence-electron chi connectivity index (χ1n) is 11.9. The molecule has 2 aromatic heterocycles. The quantitative estimate of drug-likeness (QED) is 0.277. The summed E-state index contributed by atoms with van der Waals surface area (Å²) in [5, 5.41) is 6.18. The van der Waals surface area contributed by atoms with E-state index in [4.69, 9.17) is 28.7 Å². The molecule has 0 aliphatic heterocycles. The molecule has 10 nitrogen and oxygen atoms in total. The molecule has 10 heteroatoms. The van der Waals surface area contributed by atoms with Crippen molar-refractivity contribution in [2.75, 3.05) is 26.1 Å². The molecule has 0 bridgehead atoms. The van der Waals surface area contributed by atoms with E-state index >= 15 is 0 Å². The number of anilines is 1. The third-order valence-corrected chi connectivity index (χ3v) is 5.86. The van der Waals surface area contributed by atoms with Crippen molar-refractivity contribution in [1.29, 1.82) is 0 Å². The van der Waals surface area contributed by atoms with E-state index in [9.17, 15) is 9.59 Å². The van der Waals surface area contributed by atoms with Crippen molar-refractivity contribution in [1.82, 2.24) is 15.1 Å². The summed E-state index contributed by atoms with van der Waals surface area (Å²) in [6, 6.07) is 21.5. The third kappa shape index (κ3) is 5.69. The SMILES string of the molecule is COc1ccc(-c2nc3ccc(C(=O)OCC(=O)Nc4cc(C)on4)cc3nc2-c2ccc(OC)cc2)cc1. The Morgan fingerprint density at radius 1 is 0.795 bits per heavy atom. The number of nitrogens with zero attached hydrogens (tertiary/aromatic N) is 3. The van der Waals surface area contributed by atoms with E-state index in [1.54, 1.807) is 45.4 Å². The number of carbonyl (C=O) groups excluding carboxylic acids is 2. The van der Waals surface area contributed by atoms with Crippen molar-refractivity contribution in [3.63, 3.8) is 0 Å². The Morgan fingerprint density at radius 2 is 1.38 bits per heavy atom. The highest BCUT2D eigenvalue weighted by Gasteiger charge is 2.17. The first-order valence-corrected chi connectivity index (χ1v) is 11.9. The third-order valence-electron chi connectivity index (χ3n) is 5.86. The summed E-state index contributed by atoms with van der Waals surface area (Å²) in [6.07, 6.45) is 0. The van der Waals surface area contributed by atoms with Crippen LogP contribution in [0.25, 0.3) is 33.5 Å². The number of fused-ring (bicyclic) bond motifs is 1. The van der Waals surface area contributed by atoms with Crippen molar-refractivity contribution in [2.45, 2.75) is 6.92 Å². The number of hydrogen-bond donors (Lipinski definition) is 1. The highest BCUT2D eigenvalue weighted by molar-refractivity contribution is 5.97. The van der Waals surface area contributed by atoms with Crippen molar-refractivity contribution >= 4 is 28.7 Å². The number of aryl methyl sites for hydroxylation is 1. The van der Waals surface area contributed by atoms with E-state index in [1.807, 2.05) is 48.5 Å². The molecule has 0 fully saturated rings. The van der Waals surface area contributed by atoms with Crippen LogP contribution in [0.4, 0.5) is 5.82 Å². The number of ether oxygens (including phenoxy) is 3. The molecule has 2 heterocycles. The Bertz CT molecular complexity index is 1650. The molecule has 0 aliphatic carbocycles. The molecular formula is C29H24N4O6. The second kappa shape index (κ2) is 11.0. The summed E-state index contributed by atoms with van der Waals surface area (Å²) in [5.74, 6) is 1.02. The predicted molar refractivity (Wildman–Crippen MR) is 144 cm³/mol. The maximum atomic E-state index is 12.7.